The second kappa shape index (κ2) is 8.32. The van der Waals surface area contributed by atoms with Crippen LogP contribution in [0.1, 0.15) is 19.8 Å². The highest BCUT2D eigenvalue weighted by molar-refractivity contribution is 6.05. The topological polar surface area (TPSA) is 104 Å². The Morgan fingerprint density at radius 1 is 1.29 bits per heavy atom. The van der Waals surface area contributed by atoms with Gasteiger partial charge in [-0.3, -0.25) is 9.59 Å². The minimum Gasteiger partial charge on any atom is -0.497 e. The molecule has 7 nitrogen and oxygen atoms in total. The SMILES string of the molecule is COc1ccc(NC(=O)CC(C)=NNC(=O)CC#N)cc1. The third-order valence-electron chi connectivity index (χ3n) is 2.40. The van der Waals surface area contributed by atoms with E-state index in [4.69, 9.17) is 10.00 Å². The van der Waals surface area contributed by atoms with E-state index in [0.29, 0.717) is 17.1 Å². The van der Waals surface area contributed by atoms with Gasteiger partial charge in [0.25, 0.3) is 5.91 Å². The number of nitrogens with zero attached hydrogens (tertiary/aromatic N) is 2. The standard InChI is InChI=1S/C14H16N4O3/c1-10(17-18-13(19)7-8-15)9-14(20)16-11-3-5-12(21-2)6-4-11/h3-6H,7,9H2,1-2H3,(H,16,20)(H,18,19). The van der Waals surface area contributed by atoms with E-state index in [1.807, 2.05) is 0 Å². The van der Waals surface area contributed by atoms with Gasteiger partial charge in [0.05, 0.1) is 19.6 Å². The molecule has 110 valence electrons. The molecule has 0 saturated heterocycles. The number of ether oxygens (including phenoxy) is 1. The average molecular weight is 288 g/mol. The number of methoxy groups -OCH3 is 1. The fourth-order valence-corrected chi connectivity index (χ4v) is 1.42. The Bertz CT molecular complexity index is 573. The molecule has 0 aliphatic rings. The minimum absolute atomic E-state index is 0.0405. The summed E-state index contributed by atoms with van der Waals surface area (Å²) in [6, 6.07) is 8.61. The van der Waals surface area contributed by atoms with Crippen molar-refractivity contribution in [2.45, 2.75) is 19.8 Å². The zero-order chi connectivity index (χ0) is 15.7. The van der Waals surface area contributed by atoms with Gasteiger partial charge in [-0.1, -0.05) is 0 Å². The Morgan fingerprint density at radius 3 is 2.52 bits per heavy atom. The highest BCUT2D eigenvalue weighted by Gasteiger charge is 2.05. The molecule has 0 heterocycles. The van der Waals surface area contributed by atoms with E-state index in [-0.39, 0.29) is 18.7 Å². The number of nitriles is 1. The predicted octanol–water partition coefficient (Wildman–Crippen LogP) is 1.43. The molecule has 2 N–H and O–H groups in total. The third-order valence-corrected chi connectivity index (χ3v) is 2.40. The molecule has 0 radical (unpaired) electrons. The molecule has 0 aliphatic carbocycles. The van der Waals surface area contributed by atoms with E-state index in [9.17, 15) is 9.59 Å². The minimum atomic E-state index is -0.507. The second-order valence-electron chi connectivity index (χ2n) is 4.17. The summed E-state index contributed by atoms with van der Waals surface area (Å²) in [6.07, 6.45) is -0.228. The molecule has 0 aromatic heterocycles. The summed E-state index contributed by atoms with van der Waals surface area (Å²) in [6.45, 7) is 1.61. The molecule has 1 rings (SSSR count). The van der Waals surface area contributed by atoms with Gasteiger partial charge in [0, 0.05) is 11.4 Å². The molecule has 1 aromatic carbocycles. The molecule has 0 fully saturated rings. The van der Waals surface area contributed by atoms with Crippen LogP contribution < -0.4 is 15.5 Å². The van der Waals surface area contributed by atoms with Crippen molar-refractivity contribution in [1.82, 2.24) is 5.43 Å². The molecular formula is C14H16N4O3. The maximum Gasteiger partial charge on any atom is 0.254 e. The van der Waals surface area contributed by atoms with Crippen LogP contribution in [0.4, 0.5) is 5.69 Å². The Labute approximate surface area is 122 Å². The first-order chi connectivity index (χ1) is 10.0. The van der Waals surface area contributed by atoms with Gasteiger partial charge in [-0.05, 0) is 31.2 Å². The maximum atomic E-state index is 11.8. The Balaban J connectivity index is 2.47. The zero-order valence-electron chi connectivity index (χ0n) is 11.8. The number of carbonyl (C=O) groups excluding carboxylic acids is 2. The lowest BCUT2D eigenvalue weighted by Gasteiger charge is -2.06. The van der Waals surface area contributed by atoms with Crippen LogP contribution in [-0.4, -0.2) is 24.6 Å². The van der Waals surface area contributed by atoms with Crippen molar-refractivity contribution >= 4 is 23.2 Å². The van der Waals surface area contributed by atoms with Crippen LogP contribution in [0.5, 0.6) is 5.75 Å². The highest BCUT2D eigenvalue weighted by atomic mass is 16.5. The van der Waals surface area contributed by atoms with Crippen molar-refractivity contribution in [2.24, 2.45) is 5.10 Å². The number of hydrogen-bond donors (Lipinski definition) is 2. The first-order valence-electron chi connectivity index (χ1n) is 6.18. The van der Waals surface area contributed by atoms with Crippen molar-refractivity contribution in [1.29, 1.82) is 5.26 Å². The maximum absolute atomic E-state index is 11.8. The van der Waals surface area contributed by atoms with E-state index >= 15 is 0 Å². The number of nitrogens with one attached hydrogen (secondary N) is 2. The van der Waals surface area contributed by atoms with E-state index < -0.39 is 5.91 Å². The van der Waals surface area contributed by atoms with Crippen LogP contribution in [0.3, 0.4) is 0 Å². The normalized spacial score (nSPS) is 10.4. The third kappa shape index (κ3) is 6.20. The molecule has 0 saturated carbocycles. The number of hydrogen-bond acceptors (Lipinski definition) is 5. The zero-order valence-corrected chi connectivity index (χ0v) is 11.8. The first kappa shape index (κ1) is 16.2. The van der Waals surface area contributed by atoms with E-state index in [1.54, 1.807) is 44.4 Å². The first-order valence-corrected chi connectivity index (χ1v) is 6.18. The van der Waals surface area contributed by atoms with Gasteiger partial charge in [0.2, 0.25) is 5.91 Å². The highest BCUT2D eigenvalue weighted by Crippen LogP contribution is 2.15. The lowest BCUT2D eigenvalue weighted by atomic mass is 10.2. The van der Waals surface area contributed by atoms with Gasteiger partial charge in [-0.25, -0.2) is 5.43 Å². The molecule has 21 heavy (non-hydrogen) atoms. The van der Waals surface area contributed by atoms with Gasteiger partial charge in [-0.2, -0.15) is 10.4 Å². The molecule has 7 heteroatoms. The summed E-state index contributed by atoms with van der Waals surface area (Å²) in [5, 5.41) is 14.7. The van der Waals surface area contributed by atoms with E-state index in [0.717, 1.165) is 0 Å². The summed E-state index contributed by atoms with van der Waals surface area (Å²) < 4.78 is 5.02. The number of carbonyl (C=O) groups is 2. The molecular weight excluding hydrogens is 272 g/mol. The second-order valence-corrected chi connectivity index (χ2v) is 4.17. The average Bonchev–Trinajstić information content (AvgIpc) is 2.46. The Kier molecular flexibility index (Phi) is 6.41. The van der Waals surface area contributed by atoms with Gasteiger partial charge < -0.3 is 10.1 Å². The predicted molar refractivity (Wildman–Crippen MR) is 77.7 cm³/mol. The fourth-order valence-electron chi connectivity index (χ4n) is 1.42. The molecule has 0 atom stereocenters. The molecule has 2 amide bonds. The van der Waals surface area contributed by atoms with Crippen LogP contribution in [-0.2, 0) is 9.59 Å². The number of benzene rings is 1. The number of anilines is 1. The van der Waals surface area contributed by atoms with Gasteiger partial charge >= 0.3 is 0 Å². The largest absolute Gasteiger partial charge is 0.497 e. The number of hydrazone groups is 1. The van der Waals surface area contributed by atoms with Crippen molar-refractivity contribution in [3.05, 3.63) is 24.3 Å². The number of amides is 2. The van der Waals surface area contributed by atoms with Crippen LogP contribution in [0, 0.1) is 11.3 Å². The summed E-state index contributed by atoms with van der Waals surface area (Å²) >= 11 is 0. The van der Waals surface area contributed by atoms with Crippen LogP contribution in [0.25, 0.3) is 0 Å². The smallest absolute Gasteiger partial charge is 0.254 e. The van der Waals surface area contributed by atoms with Gasteiger partial charge in [0.1, 0.15) is 12.2 Å². The van der Waals surface area contributed by atoms with Crippen molar-refractivity contribution in [3.63, 3.8) is 0 Å². The molecule has 0 aliphatic heterocycles. The fraction of sp³-hybridized carbons (Fsp3) is 0.286. The Morgan fingerprint density at radius 2 is 1.95 bits per heavy atom. The van der Waals surface area contributed by atoms with Gasteiger partial charge in [0.15, 0.2) is 0 Å². The lowest BCUT2D eigenvalue weighted by molar-refractivity contribution is -0.120. The molecule has 1 aromatic rings. The van der Waals surface area contributed by atoms with Crippen molar-refractivity contribution in [2.75, 3.05) is 12.4 Å². The summed E-state index contributed by atoms with van der Waals surface area (Å²) in [7, 11) is 1.56. The number of rotatable bonds is 6. The van der Waals surface area contributed by atoms with Crippen LogP contribution in [0.15, 0.2) is 29.4 Å². The summed E-state index contributed by atoms with van der Waals surface area (Å²) in [5.41, 5.74) is 3.28. The summed E-state index contributed by atoms with van der Waals surface area (Å²) in [5.74, 6) is -0.0608. The monoisotopic (exact) mass is 288 g/mol. The van der Waals surface area contributed by atoms with Crippen LogP contribution >= 0.6 is 0 Å². The van der Waals surface area contributed by atoms with Crippen molar-refractivity contribution < 1.29 is 14.3 Å². The lowest BCUT2D eigenvalue weighted by Crippen LogP contribution is -2.20. The van der Waals surface area contributed by atoms with Gasteiger partial charge in [-0.15, -0.1) is 0 Å². The quantitative estimate of drug-likeness (QED) is 0.610. The van der Waals surface area contributed by atoms with E-state index in [2.05, 4.69) is 15.8 Å². The Hall–Kier alpha value is -2.88. The van der Waals surface area contributed by atoms with E-state index in [1.165, 1.54) is 0 Å². The van der Waals surface area contributed by atoms with Crippen LogP contribution in [0.2, 0.25) is 0 Å². The molecule has 0 spiro atoms. The molecule has 0 unspecified atom stereocenters. The summed E-state index contributed by atoms with van der Waals surface area (Å²) in [4.78, 5) is 22.8. The molecule has 0 bridgehead atoms. The van der Waals surface area contributed by atoms with Crippen molar-refractivity contribution in [3.8, 4) is 11.8 Å².